The van der Waals surface area contributed by atoms with Crippen molar-refractivity contribution in [2.45, 2.75) is 6.18 Å². The van der Waals surface area contributed by atoms with Crippen molar-refractivity contribution in [1.82, 2.24) is 15.0 Å². The molecule has 7 heteroatoms. The van der Waals surface area contributed by atoms with Crippen molar-refractivity contribution in [2.24, 2.45) is 0 Å². The van der Waals surface area contributed by atoms with Crippen LogP contribution < -0.4 is 0 Å². The van der Waals surface area contributed by atoms with Crippen molar-refractivity contribution < 1.29 is 13.2 Å². The minimum Gasteiger partial charge on any atom is -0.344 e. The Balaban J connectivity index is 2.64. The number of aromatic nitrogens is 3. The molecule has 0 aromatic carbocycles. The first kappa shape index (κ1) is 11.7. The number of nitrogens with zero attached hydrogens (tertiary/aromatic N) is 2. The Morgan fingerprint density at radius 1 is 1.12 bits per heavy atom. The molecule has 0 aliphatic carbocycles. The van der Waals surface area contributed by atoms with Crippen LogP contribution >= 0.6 is 12.2 Å². The topological polar surface area (TPSA) is 41.6 Å². The van der Waals surface area contributed by atoms with Crippen molar-refractivity contribution >= 4 is 12.2 Å². The maximum atomic E-state index is 12.7. The van der Waals surface area contributed by atoms with Gasteiger partial charge in [-0.25, -0.2) is 0 Å². The fourth-order valence-corrected chi connectivity index (χ4v) is 1.54. The van der Waals surface area contributed by atoms with Gasteiger partial charge in [0, 0.05) is 18.0 Å². The van der Waals surface area contributed by atoms with Gasteiger partial charge in [0.2, 0.25) is 0 Å². The van der Waals surface area contributed by atoms with Crippen molar-refractivity contribution in [2.75, 3.05) is 0 Å². The van der Waals surface area contributed by atoms with Crippen LogP contribution in [0.3, 0.4) is 0 Å². The van der Waals surface area contributed by atoms with Gasteiger partial charge in [0.1, 0.15) is 4.64 Å². The maximum Gasteiger partial charge on any atom is 0.417 e. The van der Waals surface area contributed by atoms with E-state index < -0.39 is 11.7 Å². The minimum absolute atomic E-state index is 0.0702. The Morgan fingerprint density at radius 3 is 2.53 bits per heavy atom. The van der Waals surface area contributed by atoms with E-state index in [0.717, 1.165) is 18.5 Å². The Labute approximate surface area is 99.4 Å². The summed E-state index contributed by atoms with van der Waals surface area (Å²) in [6.45, 7) is 0. The second-order valence-electron chi connectivity index (χ2n) is 3.23. The summed E-state index contributed by atoms with van der Waals surface area (Å²) in [6.07, 6.45) is 0.413. The molecule has 0 aliphatic heterocycles. The molecule has 1 N–H and O–H groups in total. The highest BCUT2D eigenvalue weighted by Gasteiger charge is 2.33. The zero-order valence-corrected chi connectivity index (χ0v) is 9.14. The van der Waals surface area contributed by atoms with Crippen LogP contribution in [0.2, 0.25) is 0 Å². The van der Waals surface area contributed by atoms with Gasteiger partial charge in [-0.1, -0.05) is 12.2 Å². The van der Waals surface area contributed by atoms with E-state index >= 15 is 0 Å². The summed E-state index contributed by atoms with van der Waals surface area (Å²) in [7, 11) is 0. The minimum atomic E-state index is -4.44. The lowest BCUT2D eigenvalue weighted by Crippen LogP contribution is -2.08. The number of rotatable bonds is 1. The fourth-order valence-electron chi connectivity index (χ4n) is 1.37. The summed E-state index contributed by atoms with van der Waals surface area (Å²) in [5.74, 6) is 0. The zero-order valence-electron chi connectivity index (χ0n) is 8.32. The summed E-state index contributed by atoms with van der Waals surface area (Å²) >= 11 is 4.82. The highest BCUT2D eigenvalue weighted by atomic mass is 32.1. The van der Waals surface area contributed by atoms with E-state index in [1.807, 2.05) is 0 Å². The molecule has 0 bridgehead atoms. The number of aromatic amines is 1. The molecule has 2 aromatic heterocycles. The van der Waals surface area contributed by atoms with Crippen molar-refractivity contribution in [1.29, 1.82) is 0 Å². The van der Waals surface area contributed by atoms with Crippen LogP contribution in [0.1, 0.15) is 5.56 Å². The first-order valence-corrected chi connectivity index (χ1v) is 4.95. The summed E-state index contributed by atoms with van der Waals surface area (Å²) in [5.41, 5.74) is -0.650. The molecule has 17 heavy (non-hydrogen) atoms. The van der Waals surface area contributed by atoms with Gasteiger partial charge in [0.15, 0.2) is 0 Å². The number of hydrogen-bond donors (Lipinski definition) is 1. The molecule has 0 saturated carbocycles. The number of hydrogen-bond acceptors (Lipinski definition) is 3. The third kappa shape index (κ3) is 2.50. The number of halogens is 3. The molecule has 0 atom stereocenters. The third-order valence-corrected chi connectivity index (χ3v) is 2.28. The van der Waals surface area contributed by atoms with E-state index in [1.165, 1.54) is 12.4 Å². The van der Waals surface area contributed by atoms with Crippen molar-refractivity contribution in [3.63, 3.8) is 0 Å². The molecule has 0 spiro atoms. The maximum absolute atomic E-state index is 12.7. The predicted molar refractivity (Wildman–Crippen MR) is 57.7 cm³/mol. The monoisotopic (exact) mass is 257 g/mol. The van der Waals surface area contributed by atoms with Gasteiger partial charge in [-0.2, -0.15) is 13.2 Å². The van der Waals surface area contributed by atoms with Crippen LogP contribution in [0.25, 0.3) is 11.3 Å². The van der Waals surface area contributed by atoms with Crippen LogP contribution in [0.4, 0.5) is 13.2 Å². The SMILES string of the molecule is FC(F)(F)c1ccncc1-c1cncc(=S)[nH]1. The summed E-state index contributed by atoms with van der Waals surface area (Å²) in [6, 6.07) is 0.916. The molecule has 2 aromatic rings. The molecule has 0 radical (unpaired) electrons. The van der Waals surface area contributed by atoms with Gasteiger partial charge in [-0.15, -0.1) is 0 Å². The van der Waals surface area contributed by atoms with Gasteiger partial charge < -0.3 is 4.98 Å². The summed E-state index contributed by atoms with van der Waals surface area (Å²) in [4.78, 5) is 10.1. The van der Waals surface area contributed by atoms with E-state index in [-0.39, 0.29) is 15.9 Å². The van der Waals surface area contributed by atoms with Crippen LogP contribution in [0.5, 0.6) is 0 Å². The number of nitrogens with one attached hydrogen (secondary N) is 1. The van der Waals surface area contributed by atoms with Gasteiger partial charge >= 0.3 is 6.18 Å². The van der Waals surface area contributed by atoms with E-state index in [4.69, 9.17) is 12.2 Å². The highest BCUT2D eigenvalue weighted by molar-refractivity contribution is 7.71. The Bertz CT molecular complexity index is 592. The number of alkyl halides is 3. The molecule has 88 valence electrons. The Morgan fingerprint density at radius 2 is 1.88 bits per heavy atom. The second-order valence-corrected chi connectivity index (χ2v) is 3.67. The van der Waals surface area contributed by atoms with Gasteiger partial charge in [-0.3, -0.25) is 9.97 Å². The van der Waals surface area contributed by atoms with Crippen molar-refractivity contribution in [3.05, 3.63) is 41.1 Å². The first-order chi connectivity index (χ1) is 7.98. The standard InChI is InChI=1S/C10H6F3N3S/c11-10(12,13)7-1-2-14-3-6(7)8-4-15-5-9(17)16-8/h1-5H,(H,16,17). The third-order valence-electron chi connectivity index (χ3n) is 2.07. The van der Waals surface area contributed by atoms with Crippen LogP contribution in [-0.2, 0) is 6.18 Å². The Kier molecular flexibility index (Phi) is 2.93. The van der Waals surface area contributed by atoms with Crippen LogP contribution in [0, 0.1) is 4.64 Å². The second kappa shape index (κ2) is 4.25. The van der Waals surface area contributed by atoms with Gasteiger partial charge in [0.05, 0.1) is 23.7 Å². The molecule has 2 heterocycles. The number of pyridine rings is 1. The molecular weight excluding hydrogens is 251 g/mol. The van der Waals surface area contributed by atoms with Gasteiger partial charge in [-0.05, 0) is 6.07 Å². The molecule has 2 rings (SSSR count). The average molecular weight is 257 g/mol. The molecule has 0 unspecified atom stereocenters. The molecule has 0 aliphatic rings. The quantitative estimate of drug-likeness (QED) is 0.797. The molecule has 0 fully saturated rings. The van der Waals surface area contributed by atoms with E-state index in [0.29, 0.717) is 0 Å². The lowest BCUT2D eigenvalue weighted by molar-refractivity contribution is -0.137. The lowest BCUT2D eigenvalue weighted by atomic mass is 10.1. The molecular formula is C10H6F3N3S. The predicted octanol–water partition coefficient (Wildman–Crippen LogP) is 3.22. The molecule has 0 amide bonds. The van der Waals surface area contributed by atoms with E-state index in [2.05, 4.69) is 15.0 Å². The first-order valence-electron chi connectivity index (χ1n) is 4.54. The van der Waals surface area contributed by atoms with E-state index in [1.54, 1.807) is 0 Å². The molecule has 0 saturated heterocycles. The van der Waals surface area contributed by atoms with Crippen LogP contribution in [0.15, 0.2) is 30.9 Å². The van der Waals surface area contributed by atoms with Crippen LogP contribution in [-0.4, -0.2) is 15.0 Å². The zero-order chi connectivity index (χ0) is 12.5. The highest BCUT2D eigenvalue weighted by Crippen LogP contribution is 2.35. The lowest BCUT2D eigenvalue weighted by Gasteiger charge is -2.11. The molecule has 3 nitrogen and oxygen atoms in total. The normalized spacial score (nSPS) is 11.5. The average Bonchev–Trinajstić information content (AvgIpc) is 2.28. The summed E-state index contributed by atoms with van der Waals surface area (Å²) in [5, 5.41) is 0. The van der Waals surface area contributed by atoms with Crippen molar-refractivity contribution in [3.8, 4) is 11.3 Å². The summed E-state index contributed by atoms with van der Waals surface area (Å²) < 4.78 is 38.5. The smallest absolute Gasteiger partial charge is 0.344 e. The fraction of sp³-hybridized carbons (Fsp3) is 0.100. The Hall–Kier alpha value is -1.76. The van der Waals surface area contributed by atoms with Gasteiger partial charge in [0.25, 0.3) is 0 Å². The number of H-pyrrole nitrogens is 1. The largest absolute Gasteiger partial charge is 0.417 e. The van der Waals surface area contributed by atoms with E-state index in [9.17, 15) is 13.2 Å².